The average molecular weight is 1400 g/mol. The number of unbranched alkanes of at least 4 members (excludes halogenated alkanes) is 4. The Morgan fingerprint density at radius 1 is 0.582 bits per heavy atom. The Kier molecular flexibility index (Phi) is 51.5. The van der Waals surface area contributed by atoms with Gasteiger partial charge >= 0.3 is 6.09 Å². The molecular weight excluding hydrogens is 1270 g/mol. The van der Waals surface area contributed by atoms with Gasteiger partial charge in [0.2, 0.25) is 29.5 Å². The zero-order valence-corrected chi connectivity index (χ0v) is 61.2. The van der Waals surface area contributed by atoms with Gasteiger partial charge in [0.15, 0.2) is 5.78 Å². The summed E-state index contributed by atoms with van der Waals surface area (Å²) in [5.41, 5.74) is 8.52. The molecule has 0 saturated heterocycles. The zero-order valence-electron chi connectivity index (χ0n) is 61.2. The molecule has 1 aromatic rings. The monoisotopic (exact) mass is 1400 g/mol. The number of benzene rings is 1. The topological polar surface area (TPSA) is 366 Å². The molecule has 1 aromatic carbocycles. The molecule has 1 rings (SSSR count). The fourth-order valence-corrected chi connectivity index (χ4v) is 10.7. The second-order valence-corrected chi connectivity index (χ2v) is 25.6. The molecule has 0 aromatic heterocycles. The number of carbonyl (C=O) groups excluding carboxylic acids is 8. The van der Waals surface area contributed by atoms with E-state index in [0.717, 1.165) is 25.7 Å². The number of anilines is 1. The van der Waals surface area contributed by atoms with Gasteiger partial charge in [0.05, 0.1) is 123 Å². The van der Waals surface area contributed by atoms with E-state index >= 15 is 0 Å². The van der Waals surface area contributed by atoms with Gasteiger partial charge in [-0.3, -0.25) is 39.0 Å². The lowest BCUT2D eigenvalue weighted by atomic mass is 9.83. The van der Waals surface area contributed by atoms with E-state index in [0.29, 0.717) is 155 Å². The van der Waals surface area contributed by atoms with E-state index in [4.69, 9.17) is 63.7 Å². The molecule has 98 heavy (non-hydrogen) atoms. The van der Waals surface area contributed by atoms with E-state index < -0.39 is 54.0 Å². The predicted molar refractivity (Wildman–Crippen MR) is 372 cm³/mol. The second-order valence-electron chi connectivity index (χ2n) is 25.6. The second kappa shape index (κ2) is 55.9. The van der Waals surface area contributed by atoms with Crippen LogP contribution in [0.1, 0.15) is 158 Å². The van der Waals surface area contributed by atoms with Crippen LogP contribution in [-0.2, 0) is 87.5 Å². The smallest absolute Gasteiger partial charge is 0.407 e. The first-order chi connectivity index (χ1) is 46.9. The molecule has 0 aliphatic rings. The summed E-state index contributed by atoms with van der Waals surface area (Å²) < 4.78 is 55.7. The van der Waals surface area contributed by atoms with Crippen LogP contribution in [0.5, 0.6) is 0 Å². The third-order valence-electron chi connectivity index (χ3n) is 16.5. The predicted octanol–water partition coefficient (Wildman–Crippen LogP) is 6.40. The molecule has 28 heteroatoms. The number of amides is 6. The number of Topliss-reactive ketones (excluding diaryl/α,β-unsaturated/α-hetero) is 2. The summed E-state index contributed by atoms with van der Waals surface area (Å²) >= 11 is 0. The lowest BCUT2D eigenvalue weighted by Crippen LogP contribution is -2.54. The summed E-state index contributed by atoms with van der Waals surface area (Å²) in [6.07, 6.45) is 5.49. The third kappa shape index (κ3) is 41.7. The van der Waals surface area contributed by atoms with Crippen molar-refractivity contribution in [1.29, 1.82) is 5.41 Å². The molecule has 0 heterocycles. The van der Waals surface area contributed by atoms with Crippen LogP contribution in [0, 0.1) is 35.0 Å². The largest absolute Gasteiger partial charge is 0.445 e. The molecule has 0 spiro atoms. The Bertz CT molecular complexity index is 2370. The molecule has 0 fully saturated rings. The molecule has 9 N–H and O–H groups in total. The van der Waals surface area contributed by atoms with Gasteiger partial charge in [-0.15, -0.1) is 0 Å². The van der Waals surface area contributed by atoms with E-state index in [9.17, 15) is 38.4 Å². The van der Waals surface area contributed by atoms with Crippen molar-refractivity contribution in [3.05, 3.63) is 29.8 Å². The number of primary amides is 1. The van der Waals surface area contributed by atoms with Crippen molar-refractivity contribution in [3.8, 4) is 0 Å². The summed E-state index contributed by atoms with van der Waals surface area (Å²) in [6.45, 7) is 23.9. The number of nitrogens with one attached hydrogen (secondary N) is 6. The number of ether oxygens (including phenoxy) is 10. The minimum absolute atomic E-state index is 0.0125. The van der Waals surface area contributed by atoms with E-state index in [-0.39, 0.29) is 105 Å². The van der Waals surface area contributed by atoms with Gasteiger partial charge in [0.1, 0.15) is 24.5 Å². The van der Waals surface area contributed by atoms with Gasteiger partial charge in [-0.05, 0) is 80.4 Å². The number of rotatable bonds is 62. The summed E-state index contributed by atoms with van der Waals surface area (Å²) in [5.74, 6) is -2.59. The number of hydroxylamine groups is 1. The molecule has 6 amide bonds. The molecule has 0 radical (unpaired) electrons. The van der Waals surface area contributed by atoms with Crippen LogP contribution in [-0.4, -0.2) is 238 Å². The maximum atomic E-state index is 14.1. The summed E-state index contributed by atoms with van der Waals surface area (Å²) in [6, 6.07) is 3.93. The van der Waals surface area contributed by atoms with Crippen molar-refractivity contribution >= 4 is 58.7 Å². The number of nitrogens with two attached hydrogens (primary N) is 1. The van der Waals surface area contributed by atoms with Crippen LogP contribution >= 0.6 is 0 Å². The molecule has 0 aliphatic heterocycles. The maximum absolute atomic E-state index is 14.1. The number of carbonyl (C=O) groups is 8. The highest BCUT2D eigenvalue weighted by Gasteiger charge is 2.39. The van der Waals surface area contributed by atoms with Crippen LogP contribution in [0.25, 0.3) is 0 Å². The van der Waals surface area contributed by atoms with Crippen molar-refractivity contribution in [1.82, 2.24) is 31.2 Å². The summed E-state index contributed by atoms with van der Waals surface area (Å²) in [4.78, 5) is 107. The van der Waals surface area contributed by atoms with Crippen molar-refractivity contribution in [3.63, 3.8) is 0 Å². The van der Waals surface area contributed by atoms with Crippen LogP contribution in [0.15, 0.2) is 24.3 Å². The molecule has 2 unspecified atom stereocenters. The maximum Gasteiger partial charge on any atom is 0.407 e. The SMILES string of the molecule is CCC(C)[C@@H]([C@@H](CC(C)=O)OC)N(C)C(=O)[C@@H](CC(=O)[C@H](C(C)C)N(C)C(=N)CCCOCCOCCOCCOCCOCCOCCOCCOCCNC(=O)OCc1ccc(NC(=O)C(CCCCC(N)=O)NC(=O)[C@@H](NC(=O)CCCCCCNO)C(C)C)cc1)C(C)C. The van der Waals surface area contributed by atoms with Crippen molar-refractivity contribution < 1.29 is 90.9 Å². The zero-order chi connectivity index (χ0) is 73.0. The fourth-order valence-electron chi connectivity index (χ4n) is 10.7. The Hall–Kier alpha value is -5.79. The molecule has 0 bridgehead atoms. The number of alkyl carbamates (subject to hydrolysis) is 1. The van der Waals surface area contributed by atoms with Gasteiger partial charge in [-0.25, -0.2) is 10.3 Å². The lowest BCUT2D eigenvalue weighted by Gasteiger charge is -2.40. The number of likely N-dealkylation sites (N-methyl/N-ethyl adjacent to an activating group) is 2. The molecule has 0 aliphatic carbocycles. The van der Waals surface area contributed by atoms with Crippen molar-refractivity contribution in [2.24, 2.45) is 35.3 Å². The first-order valence-corrected chi connectivity index (χ1v) is 35.2. The number of nitrogens with zero attached hydrogens (tertiary/aromatic N) is 2. The highest BCUT2D eigenvalue weighted by Crippen LogP contribution is 2.28. The molecule has 28 nitrogen and oxygen atoms in total. The highest BCUT2D eigenvalue weighted by atomic mass is 16.6. The van der Waals surface area contributed by atoms with Crippen LogP contribution in [0.2, 0.25) is 0 Å². The van der Waals surface area contributed by atoms with Gasteiger partial charge in [-0.1, -0.05) is 93.2 Å². The van der Waals surface area contributed by atoms with Gasteiger partial charge < -0.3 is 89.4 Å². The molecular formula is C70H125N9O19. The normalized spacial score (nSPS) is 13.7. The van der Waals surface area contributed by atoms with Crippen LogP contribution in [0.3, 0.4) is 0 Å². The van der Waals surface area contributed by atoms with E-state index in [1.54, 1.807) is 69.1 Å². The Morgan fingerprint density at radius 2 is 1.10 bits per heavy atom. The minimum Gasteiger partial charge on any atom is -0.445 e. The number of methoxy groups -OCH3 is 1. The van der Waals surface area contributed by atoms with Crippen LogP contribution in [0.4, 0.5) is 10.5 Å². The number of hydrogen-bond acceptors (Lipinski definition) is 21. The standard InChI is InChI=1S/C70H125N9O19/c1-13-53(8)66(60(89-12)47-54(9)80)79(11)69(86)57(50(2)3)48-59(81)65(52(6)7)78(10)61(71)22-20-31-90-33-35-92-37-39-94-41-43-96-45-46-97-44-42-95-40-38-93-36-34-91-32-30-73-70(87)98-49-55-25-27-56(28-26-55)75-67(84)58(21-17-18-23-62(72)82)76-68(85)64(51(4)5)77-63(83)24-16-14-15-19-29-74-88/h25-28,50-53,57-58,60,64-66,71,74,88H,13-24,29-49H2,1-12H3,(H2,72,82)(H,73,87)(H,75,84)(H,76,85)(H,77,83)/t53?,57-,58?,60+,64-,65-,66-/m0/s1. The van der Waals surface area contributed by atoms with Gasteiger partial charge in [0, 0.05) is 84.6 Å². The fraction of sp³-hybridized carbons (Fsp3) is 0.786. The minimum atomic E-state index is -0.968. The Labute approximate surface area is 583 Å². The molecule has 0 saturated carbocycles. The number of ketones is 2. The summed E-state index contributed by atoms with van der Waals surface area (Å²) in [5, 5.41) is 28.6. The highest BCUT2D eigenvalue weighted by molar-refractivity contribution is 5.98. The van der Waals surface area contributed by atoms with E-state index in [2.05, 4.69) is 33.7 Å². The molecule has 7 atom stereocenters. The van der Waals surface area contributed by atoms with Crippen molar-refractivity contribution in [2.45, 2.75) is 189 Å². The van der Waals surface area contributed by atoms with Gasteiger partial charge in [0.25, 0.3) is 0 Å². The van der Waals surface area contributed by atoms with E-state index in [1.807, 2.05) is 34.6 Å². The van der Waals surface area contributed by atoms with Gasteiger partial charge in [-0.2, -0.15) is 0 Å². The lowest BCUT2D eigenvalue weighted by molar-refractivity contribution is -0.146. The first-order valence-electron chi connectivity index (χ1n) is 35.2. The average Bonchev–Trinajstić information content (AvgIpc) is 0.833. The summed E-state index contributed by atoms with van der Waals surface area (Å²) in [7, 11) is 5.09. The number of amidine groups is 1. The number of hydrogen-bond donors (Lipinski definition) is 8. The van der Waals surface area contributed by atoms with E-state index in [1.165, 1.54) is 6.92 Å². The Balaban J connectivity index is 2.17. The first kappa shape index (κ1) is 90.2. The van der Waals surface area contributed by atoms with Crippen LogP contribution < -0.4 is 32.5 Å². The Morgan fingerprint density at radius 3 is 1.58 bits per heavy atom. The quantitative estimate of drug-likeness (QED) is 0.0151. The van der Waals surface area contributed by atoms with Crippen molar-refractivity contribution in [2.75, 3.05) is 145 Å². The third-order valence-corrected chi connectivity index (χ3v) is 16.5. The molecule has 564 valence electrons.